The van der Waals surface area contributed by atoms with Gasteiger partial charge in [0.15, 0.2) is 22.5 Å². The van der Waals surface area contributed by atoms with Crippen LogP contribution in [0.2, 0.25) is 0 Å². The van der Waals surface area contributed by atoms with Crippen molar-refractivity contribution in [1.29, 1.82) is 0 Å². The average Bonchev–Trinajstić information content (AvgIpc) is 3.26. The predicted molar refractivity (Wildman–Crippen MR) is 141 cm³/mol. The summed E-state index contributed by atoms with van der Waals surface area (Å²) in [6, 6.07) is 13.0. The highest BCUT2D eigenvalue weighted by Crippen LogP contribution is 2.28. The fourth-order valence-electron chi connectivity index (χ4n) is 3.27. The first-order valence-electron chi connectivity index (χ1n) is 11.1. The van der Waals surface area contributed by atoms with Gasteiger partial charge in [-0.15, -0.1) is 16.8 Å². The summed E-state index contributed by atoms with van der Waals surface area (Å²) < 4.78 is 12.3. The van der Waals surface area contributed by atoms with Gasteiger partial charge in [0.2, 0.25) is 11.8 Å². The first-order chi connectivity index (χ1) is 17.4. The lowest BCUT2D eigenvalue weighted by molar-refractivity contribution is -0.116. The molecule has 36 heavy (non-hydrogen) atoms. The third-order valence-corrected chi connectivity index (χ3v) is 5.96. The van der Waals surface area contributed by atoms with Crippen LogP contribution in [0, 0.1) is 6.92 Å². The molecule has 3 rings (SSSR count). The number of nitrogens with zero attached hydrogens (tertiary/aromatic N) is 3. The number of allylic oxidation sites excluding steroid dienone is 1. The molecule has 0 aliphatic heterocycles. The Hall–Kier alpha value is -4.05. The van der Waals surface area contributed by atoms with Gasteiger partial charge in [-0.25, -0.2) is 0 Å². The number of methoxy groups -OCH3 is 2. The summed E-state index contributed by atoms with van der Waals surface area (Å²) in [5.41, 5.74) is 2.61. The summed E-state index contributed by atoms with van der Waals surface area (Å²) in [6.07, 6.45) is 4.82. The van der Waals surface area contributed by atoms with Gasteiger partial charge >= 0.3 is 0 Å². The second kappa shape index (κ2) is 13.1. The normalized spacial score (nSPS) is 10.8. The molecule has 1 heterocycles. The second-order valence-electron chi connectivity index (χ2n) is 7.67. The number of amides is 2. The molecule has 10 heteroatoms. The van der Waals surface area contributed by atoms with Crippen LogP contribution in [-0.4, -0.2) is 46.6 Å². The number of carbonyl (C=O) groups is 2. The van der Waals surface area contributed by atoms with Crippen molar-refractivity contribution in [2.24, 2.45) is 0 Å². The molecule has 2 aromatic carbocycles. The smallest absolute Gasteiger partial charge is 0.244 e. The zero-order chi connectivity index (χ0) is 25.9. The summed E-state index contributed by atoms with van der Waals surface area (Å²) >= 11 is 1.27. The van der Waals surface area contributed by atoms with E-state index in [1.165, 1.54) is 17.8 Å². The first kappa shape index (κ1) is 26.6. The van der Waals surface area contributed by atoms with Crippen molar-refractivity contribution < 1.29 is 19.1 Å². The minimum absolute atomic E-state index is 0.145. The van der Waals surface area contributed by atoms with Crippen molar-refractivity contribution in [2.75, 3.05) is 25.3 Å². The van der Waals surface area contributed by atoms with E-state index < -0.39 is 0 Å². The van der Waals surface area contributed by atoms with E-state index in [2.05, 4.69) is 27.4 Å². The zero-order valence-electron chi connectivity index (χ0n) is 20.5. The van der Waals surface area contributed by atoms with Gasteiger partial charge in [0, 0.05) is 18.3 Å². The van der Waals surface area contributed by atoms with Crippen LogP contribution in [0.4, 0.5) is 5.69 Å². The standard InChI is InChI=1S/C26H29N5O4S/c1-5-13-31-23(16-27-24(32)12-10-19-9-11-21(34-3)22(15-19)35-4)29-30-26(31)36-17-25(33)28-20-8-6-7-18(2)14-20/h5-12,14-15H,1,13,16-17H2,2-4H3,(H,27,32)(H,28,33). The van der Waals surface area contributed by atoms with E-state index in [9.17, 15) is 9.59 Å². The van der Waals surface area contributed by atoms with E-state index in [1.54, 1.807) is 38.5 Å². The highest BCUT2D eigenvalue weighted by molar-refractivity contribution is 7.99. The lowest BCUT2D eigenvalue weighted by Gasteiger charge is -2.09. The van der Waals surface area contributed by atoms with Gasteiger partial charge in [-0.3, -0.25) is 9.59 Å². The number of aromatic nitrogens is 3. The number of carbonyl (C=O) groups excluding carboxylic acids is 2. The molecule has 2 N–H and O–H groups in total. The van der Waals surface area contributed by atoms with Gasteiger partial charge in [0.05, 0.1) is 26.5 Å². The molecular weight excluding hydrogens is 478 g/mol. The molecule has 0 spiro atoms. The molecule has 0 radical (unpaired) electrons. The fraction of sp³-hybridized carbons (Fsp3) is 0.231. The lowest BCUT2D eigenvalue weighted by Crippen LogP contribution is -2.23. The minimum atomic E-state index is -0.287. The SMILES string of the molecule is C=CCn1c(CNC(=O)C=Cc2ccc(OC)c(OC)c2)nnc1SCC(=O)Nc1cccc(C)c1. The van der Waals surface area contributed by atoms with Crippen molar-refractivity contribution in [3.05, 3.63) is 78.1 Å². The number of nitrogens with one attached hydrogen (secondary N) is 2. The Labute approximate surface area is 214 Å². The van der Waals surface area contributed by atoms with E-state index in [-0.39, 0.29) is 24.1 Å². The van der Waals surface area contributed by atoms with Crippen LogP contribution in [0.5, 0.6) is 11.5 Å². The third kappa shape index (κ3) is 7.47. The van der Waals surface area contributed by atoms with Crippen LogP contribution in [0.25, 0.3) is 6.08 Å². The number of hydrogen-bond acceptors (Lipinski definition) is 7. The molecule has 0 aliphatic carbocycles. The summed E-state index contributed by atoms with van der Waals surface area (Å²) in [5, 5.41) is 14.6. The molecule has 0 bridgehead atoms. The van der Waals surface area contributed by atoms with Gasteiger partial charge in [0.1, 0.15) is 0 Å². The Morgan fingerprint density at radius 2 is 1.92 bits per heavy atom. The minimum Gasteiger partial charge on any atom is -0.493 e. The number of hydrogen-bond donors (Lipinski definition) is 2. The third-order valence-electron chi connectivity index (χ3n) is 4.99. The predicted octanol–water partition coefficient (Wildman–Crippen LogP) is 3.85. The Kier molecular flexibility index (Phi) is 9.70. The largest absolute Gasteiger partial charge is 0.493 e. The first-order valence-corrected chi connectivity index (χ1v) is 12.1. The van der Waals surface area contributed by atoms with Gasteiger partial charge in [-0.1, -0.05) is 36.0 Å². The van der Waals surface area contributed by atoms with E-state index in [4.69, 9.17) is 9.47 Å². The Morgan fingerprint density at radius 1 is 1.11 bits per heavy atom. The quantitative estimate of drug-likeness (QED) is 0.218. The van der Waals surface area contributed by atoms with Crippen LogP contribution in [0.1, 0.15) is 17.0 Å². The number of rotatable bonds is 12. The van der Waals surface area contributed by atoms with Crippen LogP contribution in [-0.2, 0) is 22.7 Å². The zero-order valence-corrected chi connectivity index (χ0v) is 21.3. The van der Waals surface area contributed by atoms with Crippen LogP contribution in [0.3, 0.4) is 0 Å². The van der Waals surface area contributed by atoms with Crippen molar-refractivity contribution in [3.63, 3.8) is 0 Å². The van der Waals surface area contributed by atoms with Gasteiger partial charge in [-0.05, 0) is 48.4 Å². The summed E-state index contributed by atoms with van der Waals surface area (Å²) in [4.78, 5) is 24.7. The highest BCUT2D eigenvalue weighted by Gasteiger charge is 2.14. The Bertz CT molecular complexity index is 1250. The molecule has 9 nitrogen and oxygen atoms in total. The molecule has 0 saturated carbocycles. The van der Waals surface area contributed by atoms with Gasteiger partial charge in [0.25, 0.3) is 0 Å². The van der Waals surface area contributed by atoms with Crippen molar-refractivity contribution in [1.82, 2.24) is 20.1 Å². The molecule has 3 aromatic rings. The van der Waals surface area contributed by atoms with Crippen molar-refractivity contribution >= 4 is 35.3 Å². The maximum absolute atomic E-state index is 12.4. The lowest BCUT2D eigenvalue weighted by atomic mass is 10.2. The van der Waals surface area contributed by atoms with Gasteiger partial charge < -0.3 is 24.7 Å². The molecular formula is C26H29N5O4S. The number of thioether (sulfide) groups is 1. The molecule has 188 valence electrons. The van der Waals surface area contributed by atoms with Crippen LogP contribution >= 0.6 is 11.8 Å². The number of ether oxygens (including phenoxy) is 2. The number of benzene rings is 2. The molecule has 0 fully saturated rings. The molecule has 2 amide bonds. The van der Waals surface area contributed by atoms with Crippen LogP contribution < -0.4 is 20.1 Å². The molecule has 0 aliphatic rings. The summed E-state index contributed by atoms with van der Waals surface area (Å²) in [7, 11) is 3.12. The topological polar surface area (TPSA) is 107 Å². The van der Waals surface area contributed by atoms with Gasteiger partial charge in [-0.2, -0.15) is 0 Å². The van der Waals surface area contributed by atoms with Crippen molar-refractivity contribution in [3.8, 4) is 11.5 Å². The van der Waals surface area contributed by atoms with Crippen molar-refractivity contribution in [2.45, 2.75) is 25.2 Å². The molecule has 0 saturated heterocycles. The molecule has 1 aromatic heterocycles. The Balaban J connectivity index is 1.57. The van der Waals surface area contributed by atoms with Crippen LogP contribution in [0.15, 0.2) is 66.4 Å². The summed E-state index contributed by atoms with van der Waals surface area (Å²) in [5.74, 6) is 1.49. The van der Waals surface area contributed by atoms with E-state index >= 15 is 0 Å². The summed E-state index contributed by atoms with van der Waals surface area (Å²) in [6.45, 7) is 6.36. The maximum Gasteiger partial charge on any atom is 0.244 e. The number of aryl methyl sites for hydroxylation is 1. The molecule has 0 unspecified atom stereocenters. The van der Waals surface area contributed by atoms with E-state index in [0.717, 1.165) is 16.8 Å². The Morgan fingerprint density at radius 3 is 2.64 bits per heavy atom. The monoisotopic (exact) mass is 507 g/mol. The van der Waals surface area contributed by atoms with E-state index in [1.807, 2.05) is 41.8 Å². The highest BCUT2D eigenvalue weighted by atomic mass is 32.2. The molecule has 0 atom stereocenters. The number of anilines is 1. The fourth-order valence-corrected chi connectivity index (χ4v) is 4.04. The maximum atomic E-state index is 12.4. The van der Waals surface area contributed by atoms with E-state index in [0.29, 0.717) is 29.0 Å². The average molecular weight is 508 g/mol. The second-order valence-corrected chi connectivity index (χ2v) is 8.61.